The fourth-order valence-corrected chi connectivity index (χ4v) is 3.35. The molecule has 0 bridgehead atoms. The van der Waals surface area contributed by atoms with Crippen molar-refractivity contribution in [3.8, 4) is 0 Å². The van der Waals surface area contributed by atoms with Crippen molar-refractivity contribution >= 4 is 30.8 Å². The van der Waals surface area contributed by atoms with Crippen molar-refractivity contribution in [1.29, 1.82) is 0 Å². The molecule has 0 spiro atoms. The first-order chi connectivity index (χ1) is 13.0. The summed E-state index contributed by atoms with van der Waals surface area (Å²) in [6, 6.07) is -0.914. The van der Waals surface area contributed by atoms with E-state index in [4.69, 9.17) is 4.74 Å². The summed E-state index contributed by atoms with van der Waals surface area (Å²) in [5, 5.41) is 5.60. The predicted molar refractivity (Wildman–Crippen MR) is 94.9 cm³/mol. The van der Waals surface area contributed by atoms with E-state index in [-0.39, 0.29) is 18.7 Å². The molecule has 2 aliphatic rings. The van der Waals surface area contributed by atoms with Crippen LogP contribution >= 0.6 is 0 Å². The minimum atomic E-state index is -0.618. The molecule has 0 fully saturated rings. The van der Waals surface area contributed by atoms with E-state index in [2.05, 4.69) is 25.3 Å². The van der Waals surface area contributed by atoms with Gasteiger partial charge in [-0.3, -0.25) is 14.2 Å². The van der Waals surface area contributed by atoms with Crippen molar-refractivity contribution in [1.82, 2.24) is 20.2 Å². The SMILES string of the molecule is COC(=O)NC(CCc1c(C)nc2n1C(=O)C1NC=NC1N2C)COC=O. The van der Waals surface area contributed by atoms with Gasteiger partial charge in [-0.2, -0.15) is 0 Å². The van der Waals surface area contributed by atoms with Crippen LogP contribution in [0.15, 0.2) is 4.99 Å². The first-order valence-corrected chi connectivity index (χ1v) is 8.50. The zero-order chi connectivity index (χ0) is 19.6. The number of aryl methyl sites for hydroxylation is 1. The largest absolute Gasteiger partial charge is 0.466 e. The van der Waals surface area contributed by atoms with Gasteiger partial charge in [0.05, 0.1) is 30.9 Å². The van der Waals surface area contributed by atoms with E-state index in [0.29, 0.717) is 25.3 Å². The number of methoxy groups -OCH3 is 1. The monoisotopic (exact) mass is 378 g/mol. The molecule has 0 saturated carbocycles. The van der Waals surface area contributed by atoms with E-state index < -0.39 is 18.2 Å². The van der Waals surface area contributed by atoms with E-state index in [1.807, 2.05) is 18.9 Å². The highest BCUT2D eigenvalue weighted by molar-refractivity contribution is 5.94. The lowest BCUT2D eigenvalue weighted by Gasteiger charge is -2.33. The molecule has 2 aliphatic heterocycles. The molecule has 27 heavy (non-hydrogen) atoms. The number of aliphatic imine (C=N–C) groups is 1. The van der Waals surface area contributed by atoms with Gasteiger partial charge in [-0.25, -0.2) is 14.8 Å². The van der Waals surface area contributed by atoms with E-state index in [9.17, 15) is 14.4 Å². The number of rotatable bonds is 7. The van der Waals surface area contributed by atoms with Crippen LogP contribution in [-0.2, 0) is 20.7 Å². The number of anilines is 1. The lowest BCUT2D eigenvalue weighted by Crippen LogP contribution is -2.54. The van der Waals surface area contributed by atoms with Gasteiger partial charge in [-0.1, -0.05) is 0 Å². The number of hydrogen-bond donors (Lipinski definition) is 2. The molecule has 1 amide bonds. The number of aromatic nitrogens is 2. The summed E-state index contributed by atoms with van der Waals surface area (Å²) in [4.78, 5) is 45.5. The van der Waals surface area contributed by atoms with Gasteiger partial charge in [0.15, 0.2) is 6.17 Å². The molecule has 0 aromatic carbocycles. The second-order valence-corrected chi connectivity index (χ2v) is 6.37. The predicted octanol–water partition coefficient (Wildman–Crippen LogP) is -0.562. The first-order valence-electron chi connectivity index (χ1n) is 8.50. The molecule has 11 heteroatoms. The van der Waals surface area contributed by atoms with E-state index in [1.54, 1.807) is 4.57 Å². The maximum atomic E-state index is 12.9. The molecule has 2 N–H and O–H groups in total. The molecule has 3 atom stereocenters. The molecule has 11 nitrogen and oxygen atoms in total. The van der Waals surface area contributed by atoms with Gasteiger partial charge >= 0.3 is 6.09 Å². The molecular weight excluding hydrogens is 356 g/mol. The van der Waals surface area contributed by atoms with Crippen molar-refractivity contribution in [2.75, 3.05) is 25.7 Å². The second-order valence-electron chi connectivity index (χ2n) is 6.37. The average Bonchev–Trinajstić information content (AvgIpc) is 3.27. The highest BCUT2D eigenvalue weighted by Gasteiger charge is 2.43. The Kier molecular flexibility index (Phi) is 5.28. The lowest BCUT2D eigenvalue weighted by molar-refractivity contribution is -0.129. The molecule has 1 aromatic heterocycles. The number of nitrogens with zero attached hydrogens (tertiary/aromatic N) is 4. The summed E-state index contributed by atoms with van der Waals surface area (Å²) in [6.45, 7) is 2.16. The number of nitrogens with one attached hydrogen (secondary N) is 2. The van der Waals surface area contributed by atoms with Crippen molar-refractivity contribution in [3.63, 3.8) is 0 Å². The summed E-state index contributed by atoms with van der Waals surface area (Å²) < 4.78 is 11.0. The van der Waals surface area contributed by atoms with E-state index >= 15 is 0 Å². The number of carbonyl (C=O) groups excluding carboxylic acids is 3. The van der Waals surface area contributed by atoms with Crippen molar-refractivity contribution in [2.24, 2.45) is 4.99 Å². The Labute approximate surface area is 155 Å². The van der Waals surface area contributed by atoms with Crippen molar-refractivity contribution in [3.05, 3.63) is 11.4 Å². The Morgan fingerprint density at radius 3 is 3.00 bits per heavy atom. The van der Waals surface area contributed by atoms with Crippen LogP contribution in [-0.4, -0.2) is 73.4 Å². The summed E-state index contributed by atoms with van der Waals surface area (Å²) >= 11 is 0. The highest BCUT2D eigenvalue weighted by atomic mass is 16.5. The van der Waals surface area contributed by atoms with E-state index in [0.717, 1.165) is 11.4 Å². The molecule has 3 rings (SSSR count). The minimum absolute atomic E-state index is 0.00653. The Balaban J connectivity index is 1.80. The van der Waals surface area contributed by atoms with Crippen LogP contribution in [0, 0.1) is 6.92 Å². The van der Waals surface area contributed by atoms with E-state index in [1.165, 1.54) is 13.4 Å². The third-order valence-electron chi connectivity index (χ3n) is 4.74. The third-order valence-corrected chi connectivity index (χ3v) is 4.74. The molecule has 146 valence electrons. The number of imidazole rings is 1. The number of likely N-dealkylation sites (N-methyl/N-ethyl adjacent to an activating group) is 1. The Morgan fingerprint density at radius 2 is 2.30 bits per heavy atom. The fraction of sp³-hybridized carbons (Fsp3) is 0.562. The molecule has 0 saturated heterocycles. The van der Waals surface area contributed by atoms with Gasteiger partial charge < -0.3 is 25.0 Å². The normalized spacial score (nSPS) is 21.1. The summed E-state index contributed by atoms with van der Waals surface area (Å²) in [6.07, 6.45) is 1.50. The van der Waals surface area contributed by atoms with Crippen LogP contribution in [0.25, 0.3) is 0 Å². The average molecular weight is 378 g/mol. The zero-order valence-corrected chi connectivity index (χ0v) is 15.3. The molecule has 0 aliphatic carbocycles. The van der Waals surface area contributed by atoms with Crippen LogP contribution in [0.2, 0.25) is 0 Å². The van der Waals surface area contributed by atoms with Crippen LogP contribution in [0.4, 0.5) is 10.7 Å². The van der Waals surface area contributed by atoms with Gasteiger partial charge in [0, 0.05) is 7.05 Å². The third kappa shape index (κ3) is 3.44. The maximum Gasteiger partial charge on any atom is 0.407 e. The fourth-order valence-electron chi connectivity index (χ4n) is 3.35. The Hall–Kier alpha value is -3.11. The van der Waals surface area contributed by atoms with Gasteiger partial charge in [-0.15, -0.1) is 0 Å². The van der Waals surface area contributed by atoms with Gasteiger partial charge in [-0.05, 0) is 19.8 Å². The molecule has 3 heterocycles. The van der Waals surface area contributed by atoms with Crippen LogP contribution < -0.4 is 15.5 Å². The maximum absolute atomic E-state index is 12.9. The summed E-state index contributed by atoms with van der Waals surface area (Å²) in [7, 11) is 3.10. The number of fused-ring (bicyclic) bond motifs is 2. The number of ether oxygens (including phenoxy) is 2. The van der Waals surface area contributed by atoms with Crippen LogP contribution in [0.1, 0.15) is 22.6 Å². The molecule has 3 unspecified atom stereocenters. The minimum Gasteiger partial charge on any atom is -0.466 e. The Bertz CT molecular complexity index is 776. The number of alkyl carbamates (subject to hydrolysis) is 1. The van der Waals surface area contributed by atoms with Gasteiger partial charge in [0.25, 0.3) is 12.4 Å². The zero-order valence-electron chi connectivity index (χ0n) is 15.3. The molecule has 0 radical (unpaired) electrons. The standard InChI is InChI=1S/C16H22N6O5/c1-9-11(5-4-10(6-27-8-23)20-16(25)26-3)22-14(24)12-13(18-7-17-12)21(2)15(22)19-9/h7-8,10,12-13H,4-6H2,1-3H3,(H,17,18)(H,20,25). The highest BCUT2D eigenvalue weighted by Crippen LogP contribution is 2.29. The molecule has 1 aromatic rings. The number of carbonyl (C=O) groups is 3. The molecular formula is C16H22N6O5. The topological polar surface area (TPSA) is 127 Å². The number of amides is 1. The summed E-state index contributed by atoms with van der Waals surface area (Å²) in [5.74, 6) is 0.416. The van der Waals surface area contributed by atoms with Crippen LogP contribution in [0.3, 0.4) is 0 Å². The van der Waals surface area contributed by atoms with Crippen molar-refractivity contribution < 1.29 is 23.9 Å². The smallest absolute Gasteiger partial charge is 0.407 e. The second kappa shape index (κ2) is 7.64. The number of hydrogen-bond acceptors (Lipinski definition) is 9. The van der Waals surface area contributed by atoms with Crippen LogP contribution in [0.5, 0.6) is 0 Å². The van der Waals surface area contributed by atoms with Gasteiger partial charge in [0.2, 0.25) is 5.95 Å². The Morgan fingerprint density at radius 1 is 1.52 bits per heavy atom. The van der Waals surface area contributed by atoms with Gasteiger partial charge in [0.1, 0.15) is 12.6 Å². The van der Waals surface area contributed by atoms with Crippen molar-refractivity contribution in [2.45, 2.75) is 38.0 Å². The summed E-state index contributed by atoms with van der Waals surface area (Å²) in [5.41, 5.74) is 1.47. The lowest BCUT2D eigenvalue weighted by atomic mass is 10.1. The first kappa shape index (κ1) is 18.7. The quantitative estimate of drug-likeness (QED) is 0.605.